The molecule has 13 rings (SSSR count). The van der Waals surface area contributed by atoms with Gasteiger partial charge in [0.15, 0.2) is 5.82 Å². The van der Waals surface area contributed by atoms with E-state index in [0.717, 1.165) is 88.7 Å². The maximum absolute atomic E-state index is 17.5. The molecular formula is C59H67F2N9O8. The van der Waals surface area contributed by atoms with E-state index in [2.05, 4.69) is 26.1 Å². The first kappa shape index (κ1) is 50.8. The van der Waals surface area contributed by atoms with Gasteiger partial charge in [-0.3, -0.25) is 24.6 Å². The number of carbonyl (C=O) groups excluding carboxylic acids is 4. The number of phenols is 1. The van der Waals surface area contributed by atoms with Gasteiger partial charge < -0.3 is 38.9 Å². The Morgan fingerprint density at radius 3 is 2.47 bits per heavy atom. The van der Waals surface area contributed by atoms with Crippen LogP contribution in [-0.2, 0) is 38.4 Å². The first-order valence-corrected chi connectivity index (χ1v) is 28.5. The Morgan fingerprint density at radius 2 is 1.67 bits per heavy atom. The largest absolute Gasteiger partial charge is 0.508 e. The zero-order valence-corrected chi connectivity index (χ0v) is 44.2. The number of aryl methyl sites for hydroxylation is 2. The van der Waals surface area contributed by atoms with E-state index in [-0.39, 0.29) is 78.1 Å². The van der Waals surface area contributed by atoms with E-state index in [1.54, 1.807) is 17.0 Å². The fourth-order valence-electron chi connectivity index (χ4n) is 14.7. The molecule has 0 radical (unpaired) electrons. The van der Waals surface area contributed by atoms with Crippen LogP contribution in [0, 0.1) is 23.5 Å². The third kappa shape index (κ3) is 9.01. The van der Waals surface area contributed by atoms with Gasteiger partial charge >= 0.3 is 12.1 Å². The van der Waals surface area contributed by atoms with Crippen LogP contribution in [0.3, 0.4) is 0 Å². The van der Waals surface area contributed by atoms with Crippen LogP contribution in [0.1, 0.15) is 111 Å². The number of anilines is 2. The van der Waals surface area contributed by atoms with Gasteiger partial charge in [0.1, 0.15) is 47.9 Å². The van der Waals surface area contributed by atoms with Crippen molar-refractivity contribution in [3.05, 3.63) is 76.5 Å². The predicted octanol–water partition coefficient (Wildman–Crippen LogP) is 7.83. The van der Waals surface area contributed by atoms with Crippen LogP contribution in [0.2, 0.25) is 0 Å². The highest BCUT2D eigenvalue weighted by atomic mass is 19.1. The zero-order valence-electron chi connectivity index (χ0n) is 44.2. The molecule has 10 heterocycles. The van der Waals surface area contributed by atoms with Crippen molar-refractivity contribution in [3.8, 4) is 23.0 Å². The maximum Gasteiger partial charge on any atom is 0.409 e. The number of fused-ring (bicyclic) bond motifs is 5. The number of aromatic hydroxyl groups is 1. The van der Waals surface area contributed by atoms with Gasteiger partial charge in [-0.25, -0.2) is 18.6 Å². The van der Waals surface area contributed by atoms with E-state index in [1.165, 1.54) is 12.1 Å². The number of hydrogen-bond acceptors (Lipinski definition) is 14. The Hall–Kier alpha value is -6.73. The van der Waals surface area contributed by atoms with Crippen molar-refractivity contribution in [3.63, 3.8) is 0 Å². The number of benzene rings is 3. The van der Waals surface area contributed by atoms with E-state index in [9.17, 15) is 24.3 Å². The lowest BCUT2D eigenvalue weighted by molar-refractivity contribution is -0.136. The normalized spacial score (nSPS) is 25.1. The molecule has 0 bridgehead atoms. The quantitative estimate of drug-likeness (QED) is 0.129. The van der Waals surface area contributed by atoms with Gasteiger partial charge in [0.2, 0.25) is 11.8 Å². The number of ether oxygens (including phenoxy) is 3. The SMILES string of the molecule is CCc1c(F)ccc2cc(O)cc(-c3nc4c5c(nc(OC[C@@]67CCCN6[C@H](COC(=O)N6CCC(C8CCN(c9ccc%10c(c9)CN(C9CCC(=O)NC9=O)C%10=O)CC8)CC6)CC7)nc5c3F)N3CCCOC[C@@H]3CC4)c12. The number of piperidine rings is 3. The minimum absolute atomic E-state index is 0.00403. The predicted molar refractivity (Wildman–Crippen MR) is 286 cm³/mol. The highest BCUT2D eigenvalue weighted by Crippen LogP contribution is 2.46. The smallest absolute Gasteiger partial charge is 0.409 e. The second-order valence-corrected chi connectivity index (χ2v) is 23.0. The van der Waals surface area contributed by atoms with Gasteiger partial charge in [-0.15, -0.1) is 0 Å². The number of imide groups is 1. The Balaban J connectivity index is 0.647. The molecule has 19 heteroatoms. The Kier molecular flexibility index (Phi) is 13.3. The number of nitrogens with one attached hydrogen (secondary N) is 1. The molecule has 3 aromatic carbocycles. The molecule has 4 atom stereocenters. The summed E-state index contributed by atoms with van der Waals surface area (Å²) in [7, 11) is 0. The molecule has 5 aromatic rings. The zero-order chi connectivity index (χ0) is 53.4. The second kappa shape index (κ2) is 20.5. The molecule has 6 saturated heterocycles. The van der Waals surface area contributed by atoms with Crippen LogP contribution in [0.5, 0.6) is 11.8 Å². The number of amides is 4. The summed E-state index contributed by atoms with van der Waals surface area (Å²) in [5.74, 6) is -0.364. The molecule has 2 aromatic heterocycles. The van der Waals surface area contributed by atoms with Crippen molar-refractivity contribution in [1.82, 2.24) is 35.0 Å². The summed E-state index contributed by atoms with van der Waals surface area (Å²) >= 11 is 0. The third-order valence-corrected chi connectivity index (χ3v) is 18.8. The summed E-state index contributed by atoms with van der Waals surface area (Å²) in [6, 6.07) is 11.4. The van der Waals surface area contributed by atoms with Crippen molar-refractivity contribution in [2.75, 3.05) is 75.5 Å². The lowest BCUT2D eigenvalue weighted by atomic mass is 9.79. The van der Waals surface area contributed by atoms with Crippen LogP contribution in [0.15, 0.2) is 42.5 Å². The average molecular weight is 1070 g/mol. The molecule has 0 aliphatic carbocycles. The number of phenolic OH excluding ortho intramolecular Hbond substituents is 1. The molecular weight excluding hydrogens is 1000 g/mol. The van der Waals surface area contributed by atoms with E-state index in [4.69, 9.17) is 29.2 Å². The molecule has 8 aliphatic rings. The van der Waals surface area contributed by atoms with Crippen LogP contribution >= 0.6 is 0 Å². The van der Waals surface area contributed by atoms with Crippen molar-refractivity contribution < 1.29 is 47.3 Å². The number of rotatable bonds is 10. The maximum atomic E-state index is 17.5. The molecule has 2 N–H and O–H groups in total. The van der Waals surface area contributed by atoms with Gasteiger partial charge in [0, 0.05) is 75.2 Å². The Morgan fingerprint density at radius 1 is 0.846 bits per heavy atom. The topological polar surface area (TPSA) is 183 Å². The third-order valence-electron chi connectivity index (χ3n) is 18.8. The fourth-order valence-corrected chi connectivity index (χ4v) is 14.7. The van der Waals surface area contributed by atoms with Gasteiger partial charge in [-0.2, -0.15) is 9.97 Å². The number of carbonyl (C=O) groups is 4. The van der Waals surface area contributed by atoms with Crippen LogP contribution in [0.4, 0.5) is 25.1 Å². The fraction of sp³-hybridized carbons (Fsp3) is 0.542. The molecule has 1 unspecified atom stereocenters. The molecule has 78 heavy (non-hydrogen) atoms. The van der Waals surface area contributed by atoms with Crippen LogP contribution < -0.4 is 19.9 Å². The second-order valence-electron chi connectivity index (χ2n) is 23.0. The molecule has 4 amide bonds. The number of likely N-dealkylation sites (tertiary alicyclic amines) is 1. The summed E-state index contributed by atoms with van der Waals surface area (Å²) in [5, 5.41) is 14.9. The molecule has 8 aliphatic heterocycles. The number of aromatic nitrogens is 3. The van der Waals surface area contributed by atoms with Crippen molar-refractivity contribution in [2.45, 2.75) is 127 Å². The summed E-state index contributed by atoms with van der Waals surface area (Å²) in [5.41, 5.74) is 3.72. The molecule has 410 valence electrons. The van der Waals surface area contributed by atoms with E-state index in [0.29, 0.717) is 121 Å². The minimum Gasteiger partial charge on any atom is -0.508 e. The number of nitrogens with zero attached hydrogens (tertiary/aromatic N) is 8. The standard InChI is InChI=1S/C59H67F2N9O8/c1-2-42-45(60)9-5-36-28-41(71)29-44(49(36)42)52-51(61)53-50-46(62-52)10-7-39-31-76-26-4-20-68(39)54(50)65-57(64-53)78-33-59-18-3-21-70(59)40(13-19-59)32-77-58(75)67-24-16-35(17-25-67)34-14-22-66(23-15-34)38-6-8-43-37(27-38)30-69(56(43)74)47-11-12-48(72)63-55(47)73/h5-6,8-9,27-29,34-35,39-40,47,71H,2-4,7,10-26,30-33H2,1H3,(H,63,72,73)/t39-,40-,47?,59-/m0/s1. The van der Waals surface area contributed by atoms with E-state index >= 15 is 8.78 Å². The molecule has 0 saturated carbocycles. The highest BCUT2D eigenvalue weighted by molar-refractivity contribution is 6.06. The lowest BCUT2D eigenvalue weighted by Crippen LogP contribution is -2.52. The molecule has 6 fully saturated rings. The first-order valence-electron chi connectivity index (χ1n) is 28.5. The van der Waals surface area contributed by atoms with E-state index < -0.39 is 23.6 Å². The number of hydrogen-bond donors (Lipinski definition) is 2. The first-order chi connectivity index (χ1) is 37.9. The van der Waals surface area contributed by atoms with Crippen molar-refractivity contribution in [2.24, 2.45) is 11.8 Å². The minimum atomic E-state index is -0.685. The number of pyridine rings is 1. The van der Waals surface area contributed by atoms with E-state index in [1.807, 2.05) is 24.0 Å². The summed E-state index contributed by atoms with van der Waals surface area (Å²) in [6.45, 7) is 8.55. The molecule has 17 nitrogen and oxygen atoms in total. The van der Waals surface area contributed by atoms with Crippen LogP contribution in [0.25, 0.3) is 32.9 Å². The van der Waals surface area contributed by atoms with Gasteiger partial charge in [-0.05, 0) is 160 Å². The molecule has 0 spiro atoms. The Bertz CT molecular complexity index is 3240. The average Bonchev–Trinajstić information content (AvgIpc) is 4.20. The monoisotopic (exact) mass is 1070 g/mol. The van der Waals surface area contributed by atoms with Gasteiger partial charge in [0.05, 0.1) is 29.3 Å². The van der Waals surface area contributed by atoms with Crippen molar-refractivity contribution in [1.29, 1.82) is 0 Å². The van der Waals surface area contributed by atoms with Gasteiger partial charge in [0.25, 0.3) is 5.91 Å². The van der Waals surface area contributed by atoms with Gasteiger partial charge in [-0.1, -0.05) is 13.0 Å². The van der Waals surface area contributed by atoms with Crippen molar-refractivity contribution >= 4 is 57.0 Å². The number of halogens is 2. The summed E-state index contributed by atoms with van der Waals surface area (Å²) in [4.78, 5) is 76.6. The highest BCUT2D eigenvalue weighted by Gasteiger charge is 2.51. The summed E-state index contributed by atoms with van der Waals surface area (Å²) < 4.78 is 51.7. The van der Waals surface area contributed by atoms with Crippen LogP contribution in [-0.4, -0.2) is 148 Å². The summed E-state index contributed by atoms with van der Waals surface area (Å²) in [6.07, 6.45) is 10.2. The Labute approximate surface area is 451 Å². The lowest BCUT2D eigenvalue weighted by Gasteiger charge is -2.40.